The standard InChI is InChI=1S/C21H17ClF3N3O2.C2H5NO/c1-13-10-17(8-9-26-13)30-16-5-2-14(3-6-16)28-20(29)12-27-15-4-7-19(22)18(11-15)21(23,24)25;1-3-2-4/h2-11,27H,12H2,1H3,(H,28,29);2H,1H3,(H,3,4). The Morgan fingerprint density at radius 3 is 2.29 bits per heavy atom. The molecule has 2 amide bonds. The first-order valence-electron chi connectivity index (χ1n) is 9.84. The van der Waals surface area contributed by atoms with E-state index in [0.29, 0.717) is 23.6 Å². The number of carbonyl (C=O) groups is 2. The highest BCUT2D eigenvalue weighted by atomic mass is 35.5. The Morgan fingerprint density at radius 2 is 1.71 bits per heavy atom. The number of aromatic nitrogens is 1. The molecule has 180 valence electrons. The van der Waals surface area contributed by atoms with Gasteiger partial charge in [0, 0.05) is 36.4 Å². The van der Waals surface area contributed by atoms with Crippen LogP contribution in [0, 0.1) is 6.92 Å². The molecule has 3 aromatic rings. The van der Waals surface area contributed by atoms with Crippen molar-refractivity contribution < 1.29 is 27.5 Å². The topological polar surface area (TPSA) is 92.4 Å². The van der Waals surface area contributed by atoms with E-state index < -0.39 is 22.7 Å². The zero-order valence-corrected chi connectivity index (χ0v) is 19.0. The predicted molar refractivity (Wildman–Crippen MR) is 124 cm³/mol. The van der Waals surface area contributed by atoms with Crippen LogP contribution in [0.25, 0.3) is 0 Å². The van der Waals surface area contributed by atoms with E-state index in [1.807, 2.05) is 6.92 Å². The van der Waals surface area contributed by atoms with E-state index in [4.69, 9.17) is 21.1 Å². The lowest BCUT2D eigenvalue weighted by molar-refractivity contribution is -0.137. The second-order valence-corrected chi connectivity index (χ2v) is 7.17. The Labute approximate surface area is 199 Å². The smallest absolute Gasteiger partial charge is 0.417 e. The molecule has 0 spiro atoms. The largest absolute Gasteiger partial charge is 0.457 e. The first kappa shape index (κ1) is 26.5. The van der Waals surface area contributed by atoms with Gasteiger partial charge in [-0.2, -0.15) is 13.2 Å². The number of ether oxygens (including phenoxy) is 1. The molecule has 0 aliphatic rings. The van der Waals surface area contributed by atoms with Crippen molar-refractivity contribution in [2.45, 2.75) is 13.1 Å². The van der Waals surface area contributed by atoms with Crippen LogP contribution in [0.1, 0.15) is 11.3 Å². The Bertz CT molecular complexity index is 1110. The number of benzene rings is 2. The van der Waals surface area contributed by atoms with E-state index in [2.05, 4.69) is 20.9 Å². The van der Waals surface area contributed by atoms with Crippen LogP contribution in [0.4, 0.5) is 24.5 Å². The van der Waals surface area contributed by atoms with Gasteiger partial charge >= 0.3 is 6.18 Å². The zero-order chi connectivity index (χ0) is 25.1. The third kappa shape index (κ3) is 8.62. The number of hydrogen-bond acceptors (Lipinski definition) is 5. The molecular formula is C23H22ClF3N4O3. The maximum Gasteiger partial charge on any atom is 0.417 e. The van der Waals surface area contributed by atoms with Crippen LogP contribution in [0.2, 0.25) is 5.02 Å². The van der Waals surface area contributed by atoms with Gasteiger partial charge in [-0.25, -0.2) is 0 Å². The van der Waals surface area contributed by atoms with Crippen molar-refractivity contribution in [2.75, 3.05) is 24.2 Å². The highest BCUT2D eigenvalue weighted by Gasteiger charge is 2.33. The van der Waals surface area contributed by atoms with Crippen molar-refractivity contribution >= 4 is 35.3 Å². The van der Waals surface area contributed by atoms with Crippen LogP contribution in [0.15, 0.2) is 60.8 Å². The van der Waals surface area contributed by atoms with Crippen LogP contribution in [0.5, 0.6) is 11.5 Å². The lowest BCUT2D eigenvalue weighted by atomic mass is 10.2. The van der Waals surface area contributed by atoms with Gasteiger partial charge in [0.1, 0.15) is 11.5 Å². The van der Waals surface area contributed by atoms with E-state index in [1.54, 1.807) is 49.6 Å². The van der Waals surface area contributed by atoms with E-state index in [-0.39, 0.29) is 12.2 Å². The molecule has 7 nitrogen and oxygen atoms in total. The summed E-state index contributed by atoms with van der Waals surface area (Å²) in [6.45, 7) is 1.64. The number of hydrogen-bond donors (Lipinski definition) is 3. The maximum absolute atomic E-state index is 12.9. The molecule has 2 aromatic carbocycles. The summed E-state index contributed by atoms with van der Waals surface area (Å²) in [5, 5.41) is 7.15. The molecule has 0 aliphatic heterocycles. The Hall–Kier alpha value is -3.79. The molecule has 1 aromatic heterocycles. The quantitative estimate of drug-likeness (QED) is 0.389. The number of alkyl halides is 3. The molecule has 3 N–H and O–H groups in total. The van der Waals surface area contributed by atoms with Crippen molar-refractivity contribution in [1.82, 2.24) is 10.3 Å². The molecule has 0 saturated carbocycles. The minimum atomic E-state index is -4.57. The molecule has 0 saturated heterocycles. The van der Waals surface area contributed by atoms with Gasteiger partial charge in [-0.15, -0.1) is 0 Å². The van der Waals surface area contributed by atoms with Crippen LogP contribution in [0.3, 0.4) is 0 Å². The lowest BCUT2D eigenvalue weighted by Crippen LogP contribution is -2.22. The van der Waals surface area contributed by atoms with Crippen molar-refractivity contribution in [3.8, 4) is 11.5 Å². The van der Waals surface area contributed by atoms with E-state index >= 15 is 0 Å². The van der Waals surface area contributed by atoms with E-state index in [0.717, 1.165) is 17.8 Å². The molecule has 11 heteroatoms. The van der Waals surface area contributed by atoms with Gasteiger partial charge in [-0.05, 0) is 55.5 Å². The number of aryl methyl sites for hydroxylation is 1. The molecule has 1 heterocycles. The van der Waals surface area contributed by atoms with Crippen molar-refractivity contribution in [2.24, 2.45) is 0 Å². The molecule has 0 radical (unpaired) electrons. The molecule has 3 rings (SSSR count). The maximum atomic E-state index is 12.9. The first-order chi connectivity index (χ1) is 16.1. The van der Waals surface area contributed by atoms with Crippen LogP contribution < -0.4 is 20.7 Å². The van der Waals surface area contributed by atoms with E-state index in [1.165, 1.54) is 6.07 Å². The normalized spacial score (nSPS) is 10.4. The number of anilines is 2. The predicted octanol–water partition coefficient (Wildman–Crippen LogP) is 5.27. The number of amides is 2. The average Bonchev–Trinajstić information content (AvgIpc) is 2.79. The van der Waals surface area contributed by atoms with Crippen LogP contribution in [-0.4, -0.2) is 30.9 Å². The third-order valence-corrected chi connectivity index (χ3v) is 4.41. The summed E-state index contributed by atoms with van der Waals surface area (Å²) in [5.74, 6) is 0.805. The summed E-state index contributed by atoms with van der Waals surface area (Å²) in [7, 11) is 1.56. The second-order valence-electron chi connectivity index (χ2n) is 6.76. The summed E-state index contributed by atoms with van der Waals surface area (Å²) < 4.78 is 44.4. The number of halogens is 4. The first-order valence-corrected chi connectivity index (χ1v) is 10.2. The molecule has 0 aliphatic carbocycles. The minimum absolute atomic E-state index is 0.137. The molecule has 34 heavy (non-hydrogen) atoms. The van der Waals surface area contributed by atoms with Gasteiger partial charge < -0.3 is 20.7 Å². The highest BCUT2D eigenvalue weighted by Crippen LogP contribution is 2.36. The minimum Gasteiger partial charge on any atom is -0.457 e. The fourth-order valence-electron chi connectivity index (χ4n) is 2.57. The number of carbonyl (C=O) groups excluding carboxylic acids is 2. The van der Waals surface area contributed by atoms with Gasteiger partial charge in [0.05, 0.1) is 17.1 Å². The number of nitrogens with one attached hydrogen (secondary N) is 3. The molecule has 0 atom stereocenters. The number of pyridine rings is 1. The van der Waals surface area contributed by atoms with Gasteiger partial charge in [-0.3, -0.25) is 14.6 Å². The third-order valence-electron chi connectivity index (χ3n) is 4.08. The Morgan fingerprint density at radius 1 is 1.06 bits per heavy atom. The van der Waals surface area contributed by atoms with Gasteiger partial charge in [0.2, 0.25) is 12.3 Å². The fraction of sp³-hybridized carbons (Fsp3) is 0.174. The Balaban J connectivity index is 0.000000945. The summed E-state index contributed by atoms with van der Waals surface area (Å²) >= 11 is 5.58. The SMILES string of the molecule is CNC=O.Cc1cc(Oc2ccc(NC(=O)CNc3ccc(Cl)c(C(F)(F)F)c3)cc2)ccn1. The molecule has 0 bridgehead atoms. The number of nitrogens with zero attached hydrogens (tertiary/aromatic N) is 1. The summed E-state index contributed by atoms with van der Waals surface area (Å²) in [6.07, 6.45) is -2.31. The molecular weight excluding hydrogens is 473 g/mol. The second kappa shape index (κ2) is 12.4. The molecule has 0 unspecified atom stereocenters. The van der Waals surface area contributed by atoms with Gasteiger partial charge in [-0.1, -0.05) is 11.6 Å². The van der Waals surface area contributed by atoms with Gasteiger partial charge in [0.25, 0.3) is 0 Å². The van der Waals surface area contributed by atoms with Crippen molar-refractivity contribution in [1.29, 1.82) is 0 Å². The van der Waals surface area contributed by atoms with E-state index in [9.17, 15) is 18.0 Å². The monoisotopic (exact) mass is 494 g/mol. The van der Waals surface area contributed by atoms with Crippen LogP contribution in [-0.2, 0) is 15.8 Å². The number of rotatable bonds is 7. The highest BCUT2D eigenvalue weighted by molar-refractivity contribution is 6.31. The zero-order valence-electron chi connectivity index (χ0n) is 18.2. The lowest BCUT2D eigenvalue weighted by Gasteiger charge is -2.12. The summed E-state index contributed by atoms with van der Waals surface area (Å²) in [4.78, 5) is 25.2. The van der Waals surface area contributed by atoms with Crippen LogP contribution >= 0.6 is 11.6 Å². The average molecular weight is 495 g/mol. The molecule has 0 fully saturated rings. The fourth-order valence-corrected chi connectivity index (χ4v) is 2.79. The van der Waals surface area contributed by atoms with Crippen molar-refractivity contribution in [3.63, 3.8) is 0 Å². The summed E-state index contributed by atoms with van der Waals surface area (Å²) in [6, 6.07) is 13.6. The summed E-state index contributed by atoms with van der Waals surface area (Å²) in [5.41, 5.74) is 0.520. The van der Waals surface area contributed by atoms with Crippen molar-refractivity contribution in [3.05, 3.63) is 77.1 Å². The Kier molecular flexibility index (Phi) is 9.69. The van der Waals surface area contributed by atoms with Gasteiger partial charge in [0.15, 0.2) is 0 Å².